The van der Waals surface area contributed by atoms with Crippen LogP contribution in [0.25, 0.3) is 0 Å². The Balaban J connectivity index is 2.31. The number of carbonyl (C=O) groups excluding carboxylic acids is 1. The molecule has 1 aliphatic rings. The summed E-state index contributed by atoms with van der Waals surface area (Å²) in [4.78, 5) is 13.8. The first-order valence-electron chi connectivity index (χ1n) is 6.75. The van der Waals surface area contributed by atoms with Gasteiger partial charge in [0.25, 0.3) is 0 Å². The summed E-state index contributed by atoms with van der Waals surface area (Å²) in [5.74, 6) is 0.417. The Labute approximate surface area is 125 Å². The number of hydrogen-bond donors (Lipinski definition) is 0. The Morgan fingerprint density at radius 3 is 2.43 bits per heavy atom. The quantitative estimate of drug-likeness (QED) is 0.830. The third-order valence-electron chi connectivity index (χ3n) is 3.60. The van der Waals surface area contributed by atoms with Crippen LogP contribution >= 0.6 is 0 Å². The van der Waals surface area contributed by atoms with Gasteiger partial charge in [0.05, 0.1) is 12.0 Å². The number of methoxy groups -OCH3 is 1. The minimum Gasteiger partial charge on any atom is -0.497 e. The molecule has 7 heteroatoms. The van der Waals surface area contributed by atoms with E-state index in [0.717, 1.165) is 0 Å². The monoisotopic (exact) mass is 312 g/mol. The van der Waals surface area contributed by atoms with Gasteiger partial charge in [-0.25, -0.2) is 8.42 Å². The maximum absolute atomic E-state index is 12.7. The topological polar surface area (TPSA) is 66.9 Å². The Bertz CT molecular complexity index is 610. The number of hydrogen-bond acceptors (Lipinski definition) is 4. The van der Waals surface area contributed by atoms with Gasteiger partial charge in [-0.15, -0.1) is 0 Å². The van der Waals surface area contributed by atoms with E-state index in [0.29, 0.717) is 25.1 Å². The highest BCUT2D eigenvalue weighted by atomic mass is 32.2. The minimum absolute atomic E-state index is 0.176. The highest BCUT2D eigenvalue weighted by molar-refractivity contribution is 7.89. The van der Waals surface area contributed by atoms with Crippen molar-refractivity contribution in [3.8, 4) is 5.75 Å². The molecular formula is C14H20N2O4S. The molecule has 0 N–H and O–H groups in total. The summed E-state index contributed by atoms with van der Waals surface area (Å²) in [7, 11) is 1.14. The van der Waals surface area contributed by atoms with Crippen molar-refractivity contribution in [2.45, 2.75) is 23.8 Å². The summed E-state index contributed by atoms with van der Waals surface area (Å²) in [5.41, 5.74) is 0. The molecule has 6 nitrogen and oxygen atoms in total. The van der Waals surface area contributed by atoms with E-state index in [-0.39, 0.29) is 10.8 Å². The number of likely N-dealkylation sites (N-methyl/N-ethyl adjacent to an activating group) is 1. The predicted molar refractivity (Wildman–Crippen MR) is 78.6 cm³/mol. The Hall–Kier alpha value is -1.60. The first-order chi connectivity index (χ1) is 9.87. The van der Waals surface area contributed by atoms with E-state index in [2.05, 4.69) is 0 Å². The van der Waals surface area contributed by atoms with E-state index in [1.807, 2.05) is 0 Å². The summed E-state index contributed by atoms with van der Waals surface area (Å²) in [6.07, 6.45) is 1.26. The summed E-state index contributed by atoms with van der Waals surface area (Å²) in [6.45, 7) is 0.374. The molecule has 0 aliphatic carbocycles. The molecule has 1 fully saturated rings. The van der Waals surface area contributed by atoms with Crippen LogP contribution in [-0.2, 0) is 14.8 Å². The van der Waals surface area contributed by atoms with Gasteiger partial charge in [0.1, 0.15) is 11.8 Å². The molecular weight excluding hydrogens is 292 g/mol. The van der Waals surface area contributed by atoms with Crippen LogP contribution in [0.4, 0.5) is 0 Å². The van der Waals surface area contributed by atoms with Crippen molar-refractivity contribution in [2.24, 2.45) is 0 Å². The van der Waals surface area contributed by atoms with Crippen LogP contribution in [0.1, 0.15) is 12.8 Å². The lowest BCUT2D eigenvalue weighted by Crippen LogP contribution is -2.45. The summed E-state index contributed by atoms with van der Waals surface area (Å²) >= 11 is 0. The second-order valence-corrected chi connectivity index (χ2v) is 7.07. The molecule has 0 radical (unpaired) electrons. The van der Waals surface area contributed by atoms with Gasteiger partial charge in [-0.2, -0.15) is 4.31 Å². The lowest BCUT2D eigenvalue weighted by atomic mass is 10.2. The summed E-state index contributed by atoms with van der Waals surface area (Å²) < 4.78 is 31.7. The zero-order chi connectivity index (χ0) is 15.6. The highest BCUT2D eigenvalue weighted by Gasteiger charge is 2.39. The molecule has 2 rings (SSSR count). The predicted octanol–water partition coefficient (Wildman–Crippen LogP) is 0.936. The third kappa shape index (κ3) is 3.03. The van der Waals surface area contributed by atoms with Gasteiger partial charge in [-0.05, 0) is 37.1 Å². The van der Waals surface area contributed by atoms with E-state index < -0.39 is 16.1 Å². The fourth-order valence-electron chi connectivity index (χ4n) is 2.46. The third-order valence-corrected chi connectivity index (χ3v) is 5.52. The number of nitrogens with zero attached hydrogens (tertiary/aromatic N) is 2. The second-order valence-electron chi connectivity index (χ2n) is 5.18. The molecule has 21 heavy (non-hydrogen) atoms. The van der Waals surface area contributed by atoms with Crippen molar-refractivity contribution < 1.29 is 17.9 Å². The summed E-state index contributed by atoms with van der Waals surface area (Å²) in [6, 6.07) is 5.61. The number of rotatable bonds is 4. The average Bonchev–Trinajstić information content (AvgIpc) is 2.96. The van der Waals surface area contributed by atoms with E-state index in [1.54, 1.807) is 26.2 Å². The van der Waals surface area contributed by atoms with Crippen molar-refractivity contribution in [3.05, 3.63) is 24.3 Å². The van der Waals surface area contributed by atoms with Crippen LogP contribution in [0.3, 0.4) is 0 Å². The van der Waals surface area contributed by atoms with Crippen molar-refractivity contribution in [1.29, 1.82) is 0 Å². The minimum atomic E-state index is -3.66. The van der Waals surface area contributed by atoms with Crippen LogP contribution in [-0.4, -0.2) is 57.3 Å². The largest absolute Gasteiger partial charge is 0.497 e. The average molecular weight is 312 g/mol. The lowest BCUT2D eigenvalue weighted by molar-refractivity contribution is -0.132. The van der Waals surface area contributed by atoms with Crippen LogP contribution in [0, 0.1) is 0 Å². The van der Waals surface area contributed by atoms with E-state index >= 15 is 0 Å². The van der Waals surface area contributed by atoms with Gasteiger partial charge in [-0.3, -0.25) is 4.79 Å². The smallest absolute Gasteiger partial charge is 0.243 e. The zero-order valence-electron chi connectivity index (χ0n) is 12.4. The Morgan fingerprint density at radius 2 is 1.90 bits per heavy atom. The van der Waals surface area contributed by atoms with Crippen LogP contribution in [0.2, 0.25) is 0 Å². The molecule has 1 atom stereocenters. The molecule has 1 saturated heterocycles. The fourth-order valence-corrected chi connectivity index (χ4v) is 4.11. The van der Waals surface area contributed by atoms with Crippen LogP contribution in [0.5, 0.6) is 5.75 Å². The van der Waals surface area contributed by atoms with Crippen LogP contribution < -0.4 is 4.74 Å². The Morgan fingerprint density at radius 1 is 1.29 bits per heavy atom. The SMILES string of the molecule is COc1ccc(S(=O)(=O)N2CCCC2C(=O)N(C)C)cc1. The first-order valence-corrected chi connectivity index (χ1v) is 8.19. The number of carbonyl (C=O) groups is 1. The normalized spacial score (nSPS) is 19.5. The van der Waals surface area contributed by atoms with Gasteiger partial charge in [-0.1, -0.05) is 0 Å². The van der Waals surface area contributed by atoms with Gasteiger partial charge >= 0.3 is 0 Å². The molecule has 116 valence electrons. The molecule has 1 heterocycles. The van der Waals surface area contributed by atoms with Crippen molar-refractivity contribution in [2.75, 3.05) is 27.7 Å². The molecule has 0 bridgehead atoms. The van der Waals surface area contributed by atoms with Crippen molar-refractivity contribution in [3.63, 3.8) is 0 Å². The standard InChI is InChI=1S/C14H20N2O4S/c1-15(2)14(17)13-5-4-10-16(13)21(18,19)12-8-6-11(20-3)7-9-12/h6-9,13H,4-5,10H2,1-3H3. The number of sulfonamides is 1. The number of benzene rings is 1. The molecule has 0 spiro atoms. The first kappa shape index (κ1) is 15.8. The molecule has 1 unspecified atom stereocenters. The molecule has 0 saturated carbocycles. The van der Waals surface area contributed by atoms with Crippen molar-refractivity contribution in [1.82, 2.24) is 9.21 Å². The van der Waals surface area contributed by atoms with Crippen LogP contribution in [0.15, 0.2) is 29.2 Å². The molecule has 1 aromatic carbocycles. The van der Waals surface area contributed by atoms with Gasteiger partial charge in [0.2, 0.25) is 15.9 Å². The van der Waals surface area contributed by atoms with Crippen molar-refractivity contribution >= 4 is 15.9 Å². The van der Waals surface area contributed by atoms with Gasteiger partial charge < -0.3 is 9.64 Å². The maximum Gasteiger partial charge on any atom is 0.243 e. The highest BCUT2D eigenvalue weighted by Crippen LogP contribution is 2.27. The van der Waals surface area contributed by atoms with E-state index in [1.165, 1.54) is 28.4 Å². The van der Waals surface area contributed by atoms with E-state index in [4.69, 9.17) is 4.74 Å². The number of ether oxygens (including phenoxy) is 1. The molecule has 1 amide bonds. The second kappa shape index (κ2) is 6.03. The van der Waals surface area contributed by atoms with Gasteiger partial charge in [0, 0.05) is 20.6 Å². The molecule has 0 aromatic heterocycles. The van der Waals surface area contributed by atoms with E-state index in [9.17, 15) is 13.2 Å². The van der Waals surface area contributed by atoms with Gasteiger partial charge in [0.15, 0.2) is 0 Å². The zero-order valence-corrected chi connectivity index (χ0v) is 13.3. The molecule has 1 aromatic rings. The Kier molecular flexibility index (Phi) is 4.53. The lowest BCUT2D eigenvalue weighted by Gasteiger charge is -2.25. The fraction of sp³-hybridized carbons (Fsp3) is 0.500. The molecule has 1 aliphatic heterocycles. The number of amides is 1. The summed E-state index contributed by atoms with van der Waals surface area (Å²) in [5, 5.41) is 0. The maximum atomic E-state index is 12.7.